The first-order valence-corrected chi connectivity index (χ1v) is 18.2. The van der Waals surface area contributed by atoms with Gasteiger partial charge in [-0.15, -0.1) is 5.10 Å². The van der Waals surface area contributed by atoms with E-state index in [4.69, 9.17) is 0 Å². The van der Waals surface area contributed by atoms with Gasteiger partial charge in [-0.3, -0.25) is 5.10 Å². The van der Waals surface area contributed by atoms with Crippen molar-refractivity contribution in [3.8, 4) is 0 Å². The molecule has 5 nitrogen and oxygen atoms in total. The van der Waals surface area contributed by atoms with Crippen LogP contribution in [0.15, 0.2) is 24.3 Å². The maximum Gasteiger partial charge on any atom is 0.112 e. The average molecular weight is 536 g/mol. The Kier molecular flexibility index (Phi) is 20.4. The number of H-pyrrole nitrogens is 1. The summed E-state index contributed by atoms with van der Waals surface area (Å²) in [6, 6.07) is 7.74. The van der Waals surface area contributed by atoms with Gasteiger partial charge in [-0.25, -0.2) is 0 Å². The van der Waals surface area contributed by atoms with Crippen molar-refractivity contribution in [1.82, 2.24) is 15.4 Å². The van der Waals surface area contributed by atoms with Crippen LogP contribution in [0.3, 0.4) is 0 Å². The van der Waals surface area contributed by atoms with Crippen LogP contribution < -0.4 is 0 Å². The smallest absolute Gasteiger partial charge is 0.112 e. The molecule has 0 aliphatic heterocycles. The van der Waals surface area contributed by atoms with Crippen LogP contribution in [0, 0.1) is 0 Å². The molecule has 2 aromatic rings. The number of hydrogen-bond donors (Lipinski definition) is 2. The normalized spacial score (nSPS) is 11.9. The van der Waals surface area contributed by atoms with Crippen molar-refractivity contribution in [1.29, 1.82) is 0 Å². The summed E-state index contributed by atoms with van der Waals surface area (Å²) < 4.78 is 0. The van der Waals surface area contributed by atoms with Gasteiger partial charge in [0.2, 0.25) is 0 Å². The maximum absolute atomic E-state index is 12.4. The third-order valence-corrected chi connectivity index (χ3v) is 12.6. The Morgan fingerprint density at radius 3 is 1.49 bits per heavy atom. The Balaban J connectivity index is 0.000000621. The summed E-state index contributed by atoms with van der Waals surface area (Å²) in [5.41, 5.74) is 1.53. The summed E-state index contributed by atoms with van der Waals surface area (Å²) in [7, 11) is -2.16. The monoisotopic (exact) mass is 535 g/mol. The Hall–Kier alpha value is -1.48. The fraction of sp³-hybridized carbons (Fsp3) is 0.774. The van der Waals surface area contributed by atoms with Crippen molar-refractivity contribution in [3.05, 3.63) is 24.3 Å². The molecule has 1 aromatic carbocycles. The third-order valence-electron chi connectivity index (χ3n) is 7.71. The summed E-state index contributed by atoms with van der Waals surface area (Å²) in [6.07, 6.45) is 26.0. The van der Waals surface area contributed by atoms with Gasteiger partial charge in [0.25, 0.3) is 0 Å². The molecule has 0 fully saturated rings. The average Bonchev–Trinajstić information content (AvgIpc) is 3.39. The first-order valence-electron chi connectivity index (χ1n) is 15.6. The third kappa shape index (κ3) is 15.5. The Morgan fingerprint density at radius 2 is 1.08 bits per heavy atom. The van der Waals surface area contributed by atoms with Gasteiger partial charge in [-0.05, 0) is 12.1 Å². The fourth-order valence-electron chi connectivity index (χ4n) is 5.22. The van der Waals surface area contributed by atoms with Gasteiger partial charge in [0.1, 0.15) is 5.52 Å². The summed E-state index contributed by atoms with van der Waals surface area (Å²) in [5.74, 6) is 0. The second kappa shape index (κ2) is 22.5. The van der Waals surface area contributed by atoms with E-state index in [0.29, 0.717) is 0 Å². The van der Waals surface area contributed by atoms with Crippen LogP contribution in [0.25, 0.3) is 11.0 Å². The number of fused-ring (bicyclic) bond motifs is 1. The number of para-hydroxylation sites is 1. The molecule has 0 aliphatic carbocycles. The number of carboxylic acid groups (broad SMARTS) is 1. The SMILES string of the molecule is CCCCCCCC[PH](CCCCCCCC)(CCCCCCCC)C(=O)O.c1ccc2[nH]nnc2c1. The predicted molar refractivity (Wildman–Crippen MR) is 165 cm³/mol. The van der Waals surface area contributed by atoms with Crippen LogP contribution in [0.2, 0.25) is 0 Å². The van der Waals surface area contributed by atoms with Crippen LogP contribution in [0.4, 0.5) is 4.79 Å². The van der Waals surface area contributed by atoms with E-state index in [9.17, 15) is 9.90 Å². The number of nitrogens with zero attached hydrogens (tertiary/aromatic N) is 2. The largest absolute Gasteiger partial charge is 0.258 e. The molecular weight excluding hydrogens is 477 g/mol. The van der Waals surface area contributed by atoms with E-state index >= 15 is 0 Å². The minimum absolute atomic E-state index is 0.372. The molecule has 0 aliphatic rings. The van der Waals surface area contributed by atoms with E-state index in [1.165, 1.54) is 96.3 Å². The van der Waals surface area contributed by atoms with Gasteiger partial charge in [0.05, 0.1) is 5.52 Å². The van der Waals surface area contributed by atoms with Crippen LogP contribution >= 0.6 is 7.26 Å². The van der Waals surface area contributed by atoms with Gasteiger partial charge in [0.15, 0.2) is 0 Å². The number of hydrogen-bond acceptors (Lipinski definition) is 3. The number of carbonyl (C=O) groups is 1. The number of unbranched alkanes of at least 4 members (excludes halogenated alkanes) is 15. The minimum Gasteiger partial charge on any atom is -0.258 e. The maximum atomic E-state index is 12.4. The summed E-state index contributed by atoms with van der Waals surface area (Å²) in [6.45, 7) is 6.76. The molecule has 37 heavy (non-hydrogen) atoms. The number of benzene rings is 1. The minimum atomic E-state index is -2.16. The molecule has 1 heterocycles. The number of aromatic amines is 1. The summed E-state index contributed by atoms with van der Waals surface area (Å²) in [4.78, 5) is 12.4. The topological polar surface area (TPSA) is 78.9 Å². The van der Waals surface area contributed by atoms with Gasteiger partial charge >= 0.3 is 178 Å². The van der Waals surface area contributed by atoms with Crippen molar-refractivity contribution in [2.24, 2.45) is 0 Å². The molecule has 1 aromatic heterocycles. The Labute approximate surface area is 228 Å². The first-order chi connectivity index (χ1) is 18.1. The summed E-state index contributed by atoms with van der Waals surface area (Å²) >= 11 is 0. The van der Waals surface area contributed by atoms with Crippen LogP contribution in [0.1, 0.15) is 136 Å². The van der Waals surface area contributed by atoms with Crippen LogP contribution in [0.5, 0.6) is 0 Å². The van der Waals surface area contributed by atoms with Crippen molar-refractivity contribution in [2.75, 3.05) is 18.5 Å². The van der Waals surface area contributed by atoms with Crippen molar-refractivity contribution in [3.63, 3.8) is 0 Å². The van der Waals surface area contributed by atoms with Gasteiger partial charge in [-0.1, -0.05) is 17.3 Å². The molecule has 0 spiro atoms. The zero-order chi connectivity index (χ0) is 27.0. The van der Waals surface area contributed by atoms with E-state index in [1.54, 1.807) is 0 Å². The molecule has 0 radical (unpaired) electrons. The van der Waals surface area contributed by atoms with Crippen LogP contribution in [-0.4, -0.2) is 44.7 Å². The molecular formula is C31H58N3O2P. The molecule has 2 N–H and O–H groups in total. The molecule has 6 heteroatoms. The Morgan fingerprint density at radius 1 is 0.676 bits per heavy atom. The Bertz CT molecular complexity index is 725. The number of nitrogens with one attached hydrogen (secondary N) is 1. The van der Waals surface area contributed by atoms with Gasteiger partial charge < -0.3 is 0 Å². The van der Waals surface area contributed by atoms with Crippen molar-refractivity contribution >= 4 is 24.0 Å². The molecule has 0 atom stereocenters. The van der Waals surface area contributed by atoms with Crippen molar-refractivity contribution < 1.29 is 9.90 Å². The molecule has 0 bridgehead atoms. The van der Waals surface area contributed by atoms with E-state index in [2.05, 4.69) is 36.2 Å². The van der Waals surface area contributed by atoms with E-state index in [-0.39, 0.29) is 5.71 Å². The second-order valence-electron chi connectivity index (χ2n) is 11.0. The van der Waals surface area contributed by atoms with E-state index in [1.807, 2.05) is 24.3 Å². The van der Waals surface area contributed by atoms with Gasteiger partial charge in [0, 0.05) is 0 Å². The molecule has 0 amide bonds. The zero-order valence-corrected chi connectivity index (χ0v) is 25.4. The molecule has 0 saturated carbocycles. The quantitative estimate of drug-likeness (QED) is 0.116. The van der Waals surface area contributed by atoms with Gasteiger partial charge in [-0.2, -0.15) is 0 Å². The predicted octanol–water partition coefficient (Wildman–Crippen LogP) is 10.5. The molecule has 0 saturated heterocycles. The number of aromatic nitrogens is 3. The molecule has 214 valence electrons. The van der Waals surface area contributed by atoms with E-state index < -0.39 is 7.26 Å². The van der Waals surface area contributed by atoms with Crippen molar-refractivity contribution in [2.45, 2.75) is 136 Å². The molecule has 0 unspecified atom stereocenters. The standard InChI is InChI=1S/C25H53O2P.C6H5N3/c1-4-7-10-13-16-19-22-28(25(26)27,23-20-17-14-11-8-5-2)24-21-18-15-12-9-6-3;1-2-4-6-5(3-1)7-9-8-6/h28H,4-24H2,1-3H3,(H,26,27);1-4H,(H,7,8,9). The second-order valence-corrected chi connectivity index (χ2v) is 15.5. The van der Waals surface area contributed by atoms with Crippen LogP contribution in [-0.2, 0) is 0 Å². The fourth-order valence-corrected chi connectivity index (χ4v) is 9.39. The first kappa shape index (κ1) is 33.5. The summed E-state index contributed by atoms with van der Waals surface area (Å²) in [5, 5.41) is 20.4. The molecule has 2 rings (SSSR count). The van der Waals surface area contributed by atoms with E-state index in [0.717, 1.165) is 48.8 Å². The number of rotatable bonds is 22. The zero-order valence-electron chi connectivity index (χ0n) is 24.4.